The highest BCUT2D eigenvalue weighted by Gasteiger charge is 2.29. The monoisotopic (exact) mass is 168 g/mol. The Balaban J connectivity index is 2.41. The predicted octanol–water partition coefficient (Wildman–Crippen LogP) is 1.30. The van der Waals surface area contributed by atoms with Crippen LogP contribution >= 0.6 is 0 Å². The van der Waals surface area contributed by atoms with Crippen LogP contribution in [0.5, 0.6) is 0 Å². The maximum Gasteiger partial charge on any atom is 0.298 e. The second-order valence-electron chi connectivity index (χ2n) is 3.84. The van der Waals surface area contributed by atoms with Crippen LogP contribution in [0.3, 0.4) is 0 Å². The average Bonchev–Trinajstić information content (AvgIpc) is 2.05. The van der Waals surface area contributed by atoms with Crippen LogP contribution in [0.1, 0.15) is 39.0 Å². The van der Waals surface area contributed by atoms with Gasteiger partial charge in [0.2, 0.25) is 0 Å². The topological polar surface area (TPSA) is 26.3 Å². The molecule has 2 nitrogen and oxygen atoms in total. The number of esters is 1. The fourth-order valence-corrected chi connectivity index (χ4v) is 1.75. The lowest BCUT2D eigenvalue weighted by atomic mass is 9.86. The lowest BCUT2D eigenvalue weighted by Gasteiger charge is -2.33. The molecule has 0 aliphatic heterocycles. The van der Waals surface area contributed by atoms with Gasteiger partial charge in [-0.05, 0) is 32.6 Å². The number of rotatable bonds is 2. The van der Waals surface area contributed by atoms with E-state index < -0.39 is 0 Å². The van der Waals surface area contributed by atoms with Gasteiger partial charge in [-0.1, -0.05) is 6.42 Å². The standard InChI is InChI=1S/C9H17BO2/c1-9(12-8(11)7-10)5-3-2-4-6-9/h2-7,10H2,1H3. The third-order valence-electron chi connectivity index (χ3n) is 2.56. The first-order chi connectivity index (χ1) is 5.66. The molecule has 0 spiro atoms. The summed E-state index contributed by atoms with van der Waals surface area (Å²) in [7, 11) is 1.84. The summed E-state index contributed by atoms with van der Waals surface area (Å²) in [4.78, 5) is 11.1. The molecule has 12 heavy (non-hydrogen) atoms. The van der Waals surface area contributed by atoms with Crippen molar-refractivity contribution in [3.8, 4) is 0 Å². The molecule has 0 unspecified atom stereocenters. The predicted molar refractivity (Wildman–Crippen MR) is 50.9 cm³/mol. The largest absolute Gasteiger partial charge is 0.460 e. The molecular formula is C9H17BO2. The maximum absolute atomic E-state index is 11.1. The van der Waals surface area contributed by atoms with Crippen LogP contribution in [-0.2, 0) is 9.53 Å². The molecule has 3 heteroatoms. The van der Waals surface area contributed by atoms with Gasteiger partial charge in [0.15, 0.2) is 0 Å². The summed E-state index contributed by atoms with van der Waals surface area (Å²) in [5, 5.41) is 0. The van der Waals surface area contributed by atoms with Crippen molar-refractivity contribution < 1.29 is 9.53 Å². The number of ether oxygens (including phenoxy) is 1. The summed E-state index contributed by atoms with van der Waals surface area (Å²) in [5.41, 5.74) is -0.147. The van der Waals surface area contributed by atoms with Crippen molar-refractivity contribution in [2.45, 2.75) is 50.9 Å². The summed E-state index contributed by atoms with van der Waals surface area (Å²) >= 11 is 0. The van der Waals surface area contributed by atoms with Crippen LogP contribution in [0.4, 0.5) is 0 Å². The Bertz CT molecular complexity index is 162. The Morgan fingerprint density at radius 1 is 1.42 bits per heavy atom. The molecule has 1 aliphatic carbocycles. The molecule has 0 saturated heterocycles. The van der Waals surface area contributed by atoms with Crippen LogP contribution in [0.15, 0.2) is 0 Å². The van der Waals surface area contributed by atoms with Crippen LogP contribution in [-0.4, -0.2) is 19.4 Å². The zero-order valence-electron chi connectivity index (χ0n) is 8.06. The first-order valence-corrected chi connectivity index (χ1v) is 4.88. The van der Waals surface area contributed by atoms with Crippen molar-refractivity contribution in [2.24, 2.45) is 0 Å². The minimum absolute atomic E-state index is 0.0561. The van der Waals surface area contributed by atoms with Crippen molar-refractivity contribution in [2.75, 3.05) is 0 Å². The number of carbonyl (C=O) groups is 1. The van der Waals surface area contributed by atoms with Crippen molar-refractivity contribution >= 4 is 13.8 Å². The van der Waals surface area contributed by atoms with Gasteiger partial charge in [0.1, 0.15) is 13.4 Å². The molecule has 0 bridgehead atoms. The Kier molecular flexibility index (Phi) is 3.18. The van der Waals surface area contributed by atoms with Crippen LogP contribution in [0.2, 0.25) is 6.32 Å². The molecule has 1 saturated carbocycles. The van der Waals surface area contributed by atoms with E-state index in [4.69, 9.17) is 4.74 Å². The van der Waals surface area contributed by atoms with E-state index in [1.54, 1.807) is 0 Å². The molecule has 1 fully saturated rings. The zero-order chi connectivity index (χ0) is 9.03. The molecule has 1 rings (SSSR count). The van der Waals surface area contributed by atoms with Crippen molar-refractivity contribution in [1.29, 1.82) is 0 Å². The summed E-state index contributed by atoms with van der Waals surface area (Å²) in [6.45, 7) is 2.06. The third-order valence-corrected chi connectivity index (χ3v) is 2.56. The molecule has 0 heterocycles. The number of hydrogen-bond donors (Lipinski definition) is 0. The Morgan fingerprint density at radius 2 is 2.00 bits per heavy atom. The van der Waals surface area contributed by atoms with E-state index in [9.17, 15) is 4.79 Å². The van der Waals surface area contributed by atoms with Crippen LogP contribution < -0.4 is 0 Å². The first kappa shape index (κ1) is 9.62. The van der Waals surface area contributed by atoms with Gasteiger partial charge in [0, 0.05) is 6.32 Å². The molecule has 0 atom stereocenters. The van der Waals surface area contributed by atoms with Crippen molar-refractivity contribution in [3.63, 3.8) is 0 Å². The van der Waals surface area contributed by atoms with Gasteiger partial charge < -0.3 is 4.74 Å². The lowest BCUT2D eigenvalue weighted by Crippen LogP contribution is -2.33. The van der Waals surface area contributed by atoms with Crippen LogP contribution in [0.25, 0.3) is 0 Å². The van der Waals surface area contributed by atoms with E-state index in [0.717, 1.165) is 12.8 Å². The quantitative estimate of drug-likeness (QED) is 0.458. The Labute approximate surface area is 75.1 Å². The van der Waals surface area contributed by atoms with Gasteiger partial charge in [-0.3, -0.25) is 4.79 Å². The highest BCUT2D eigenvalue weighted by atomic mass is 16.6. The molecule has 1 aliphatic rings. The lowest BCUT2D eigenvalue weighted by molar-refractivity contribution is -0.158. The Morgan fingerprint density at radius 3 is 2.50 bits per heavy atom. The molecule has 0 amide bonds. The first-order valence-electron chi connectivity index (χ1n) is 4.88. The molecule has 68 valence electrons. The van der Waals surface area contributed by atoms with Crippen LogP contribution in [0, 0.1) is 0 Å². The second kappa shape index (κ2) is 3.97. The van der Waals surface area contributed by atoms with E-state index in [2.05, 4.69) is 6.92 Å². The number of hydrogen-bond acceptors (Lipinski definition) is 2. The summed E-state index contributed by atoms with van der Waals surface area (Å²) < 4.78 is 5.39. The average molecular weight is 168 g/mol. The van der Waals surface area contributed by atoms with Gasteiger partial charge in [-0.25, -0.2) is 0 Å². The van der Waals surface area contributed by atoms with Gasteiger partial charge in [0.25, 0.3) is 5.97 Å². The van der Waals surface area contributed by atoms with Gasteiger partial charge >= 0.3 is 0 Å². The molecule has 0 radical (unpaired) electrons. The molecule has 0 aromatic rings. The van der Waals surface area contributed by atoms with E-state index in [1.165, 1.54) is 19.3 Å². The summed E-state index contributed by atoms with van der Waals surface area (Å²) in [6.07, 6.45) is 6.27. The third kappa shape index (κ3) is 2.54. The number of carbonyl (C=O) groups excluding carboxylic acids is 1. The van der Waals surface area contributed by atoms with Gasteiger partial charge in [0.05, 0.1) is 0 Å². The van der Waals surface area contributed by atoms with Gasteiger partial charge in [-0.15, -0.1) is 0 Å². The minimum atomic E-state index is -0.147. The van der Waals surface area contributed by atoms with E-state index in [1.807, 2.05) is 7.85 Å². The van der Waals surface area contributed by atoms with Crippen molar-refractivity contribution in [1.82, 2.24) is 0 Å². The highest BCUT2D eigenvalue weighted by molar-refractivity contribution is 6.18. The fraction of sp³-hybridized carbons (Fsp3) is 0.889. The minimum Gasteiger partial charge on any atom is -0.460 e. The molecule has 0 aromatic heterocycles. The smallest absolute Gasteiger partial charge is 0.298 e. The fourth-order valence-electron chi connectivity index (χ4n) is 1.75. The summed E-state index contributed by atoms with van der Waals surface area (Å²) in [5.74, 6) is -0.0561. The van der Waals surface area contributed by atoms with E-state index in [-0.39, 0.29) is 11.6 Å². The molecule has 0 aromatic carbocycles. The zero-order valence-corrected chi connectivity index (χ0v) is 8.06. The maximum atomic E-state index is 11.1. The molecule has 0 N–H and O–H groups in total. The van der Waals surface area contributed by atoms with E-state index in [0.29, 0.717) is 6.32 Å². The summed E-state index contributed by atoms with van der Waals surface area (Å²) in [6, 6.07) is 0. The van der Waals surface area contributed by atoms with Crippen molar-refractivity contribution in [3.05, 3.63) is 0 Å². The SMILES string of the molecule is BCC(=O)OC1(C)CCCCC1. The van der Waals surface area contributed by atoms with E-state index >= 15 is 0 Å². The normalized spacial score (nSPS) is 21.8. The molecular weight excluding hydrogens is 151 g/mol. The highest BCUT2D eigenvalue weighted by Crippen LogP contribution is 2.31. The Hall–Kier alpha value is -0.465. The second-order valence-corrected chi connectivity index (χ2v) is 3.84. The van der Waals surface area contributed by atoms with Gasteiger partial charge in [-0.2, -0.15) is 0 Å².